The highest BCUT2D eigenvalue weighted by Crippen LogP contribution is 2.47. The molecule has 1 saturated carbocycles. The predicted octanol–water partition coefficient (Wildman–Crippen LogP) is 2.91. The molecule has 0 aliphatic heterocycles. The van der Waals surface area contributed by atoms with Crippen LogP contribution in [-0.4, -0.2) is 23.3 Å². The molecule has 1 aliphatic rings. The summed E-state index contributed by atoms with van der Waals surface area (Å²) in [5.74, 6) is -0.287. The number of aliphatic carboxylic acids is 1. The van der Waals surface area contributed by atoms with Crippen LogP contribution in [0.2, 0.25) is 0 Å². The van der Waals surface area contributed by atoms with Gasteiger partial charge in [0, 0.05) is 0 Å². The van der Waals surface area contributed by atoms with Crippen molar-refractivity contribution in [2.24, 2.45) is 0 Å². The van der Waals surface area contributed by atoms with Crippen molar-refractivity contribution in [3.8, 4) is 11.5 Å². The number of carboxylic acids is 1. The van der Waals surface area contributed by atoms with Gasteiger partial charge < -0.3 is 14.9 Å². The molecule has 4 nitrogen and oxygen atoms in total. The molecule has 2 N–H and O–H groups in total. The van der Waals surface area contributed by atoms with Crippen molar-refractivity contribution in [1.29, 1.82) is 0 Å². The average molecular weight is 264 g/mol. The molecular weight excluding hydrogens is 244 g/mol. The van der Waals surface area contributed by atoms with Crippen LogP contribution in [-0.2, 0) is 10.2 Å². The maximum atomic E-state index is 11.8. The van der Waals surface area contributed by atoms with E-state index in [1.54, 1.807) is 13.0 Å². The van der Waals surface area contributed by atoms with E-state index in [1.807, 2.05) is 6.92 Å². The van der Waals surface area contributed by atoms with Crippen LogP contribution in [0, 0.1) is 13.8 Å². The number of carboxylic acid groups (broad SMARTS) is 1. The van der Waals surface area contributed by atoms with Crippen molar-refractivity contribution in [3.05, 3.63) is 22.8 Å². The first-order valence-corrected chi connectivity index (χ1v) is 6.55. The molecule has 0 radical (unpaired) electrons. The van der Waals surface area contributed by atoms with Gasteiger partial charge in [-0.25, -0.2) is 0 Å². The summed E-state index contributed by atoms with van der Waals surface area (Å²) in [5.41, 5.74) is 1.35. The first-order chi connectivity index (χ1) is 8.94. The minimum Gasteiger partial charge on any atom is -0.504 e. The van der Waals surface area contributed by atoms with Crippen LogP contribution in [0.5, 0.6) is 11.5 Å². The molecule has 1 aromatic rings. The number of aryl methyl sites for hydroxylation is 1. The average Bonchev–Trinajstić information content (AvgIpc) is 2.85. The molecule has 0 saturated heterocycles. The number of phenolic OH excluding ortho intramolecular Hbond substituents is 1. The van der Waals surface area contributed by atoms with Gasteiger partial charge in [0.05, 0.1) is 12.5 Å². The van der Waals surface area contributed by atoms with E-state index in [0.717, 1.165) is 24.0 Å². The van der Waals surface area contributed by atoms with Crippen LogP contribution in [0.25, 0.3) is 0 Å². The lowest BCUT2D eigenvalue weighted by atomic mass is 9.76. The summed E-state index contributed by atoms with van der Waals surface area (Å²) < 4.78 is 5.24. The fourth-order valence-electron chi connectivity index (χ4n) is 3.20. The number of methoxy groups -OCH3 is 1. The van der Waals surface area contributed by atoms with E-state index >= 15 is 0 Å². The van der Waals surface area contributed by atoms with Crippen LogP contribution in [0.3, 0.4) is 0 Å². The first-order valence-electron chi connectivity index (χ1n) is 6.55. The molecule has 1 aromatic carbocycles. The molecule has 0 spiro atoms. The SMILES string of the molecule is COc1c(C)c(C2(C(=O)O)CCCC2)cc(C)c1O. The number of hydrogen-bond acceptors (Lipinski definition) is 3. The van der Waals surface area contributed by atoms with Crippen molar-refractivity contribution in [2.45, 2.75) is 44.9 Å². The number of phenols is 1. The van der Waals surface area contributed by atoms with Gasteiger partial charge in [-0.3, -0.25) is 4.79 Å². The van der Waals surface area contributed by atoms with Gasteiger partial charge in [0.25, 0.3) is 0 Å². The Morgan fingerprint density at radius 2 is 1.89 bits per heavy atom. The Morgan fingerprint density at radius 3 is 2.37 bits per heavy atom. The molecule has 0 bridgehead atoms. The zero-order valence-electron chi connectivity index (χ0n) is 11.6. The quantitative estimate of drug-likeness (QED) is 0.881. The molecule has 0 heterocycles. The van der Waals surface area contributed by atoms with Gasteiger partial charge in [0.15, 0.2) is 11.5 Å². The summed E-state index contributed by atoms with van der Waals surface area (Å²) in [5, 5.41) is 19.7. The second-order valence-electron chi connectivity index (χ2n) is 5.34. The lowest BCUT2D eigenvalue weighted by Crippen LogP contribution is -2.33. The maximum absolute atomic E-state index is 11.8. The molecule has 0 atom stereocenters. The molecule has 1 fully saturated rings. The van der Waals surface area contributed by atoms with E-state index in [4.69, 9.17) is 4.74 Å². The lowest BCUT2D eigenvalue weighted by molar-refractivity contribution is -0.143. The second-order valence-corrected chi connectivity index (χ2v) is 5.34. The Morgan fingerprint density at radius 1 is 1.32 bits per heavy atom. The fraction of sp³-hybridized carbons (Fsp3) is 0.533. The Hall–Kier alpha value is -1.71. The molecule has 0 amide bonds. The zero-order chi connectivity index (χ0) is 14.2. The van der Waals surface area contributed by atoms with E-state index in [9.17, 15) is 15.0 Å². The minimum absolute atomic E-state index is 0.0993. The van der Waals surface area contributed by atoms with Gasteiger partial charge in [-0.2, -0.15) is 0 Å². The Labute approximate surface area is 113 Å². The van der Waals surface area contributed by atoms with E-state index in [2.05, 4.69) is 0 Å². The van der Waals surface area contributed by atoms with Gasteiger partial charge in [-0.05, 0) is 43.4 Å². The molecular formula is C15H20O4. The highest BCUT2D eigenvalue weighted by Gasteiger charge is 2.44. The topological polar surface area (TPSA) is 66.8 Å². The van der Waals surface area contributed by atoms with Crippen LogP contribution in [0.1, 0.15) is 42.4 Å². The first kappa shape index (κ1) is 13.7. The summed E-state index contributed by atoms with van der Waals surface area (Å²) in [4.78, 5) is 11.8. The van der Waals surface area contributed by atoms with E-state index in [1.165, 1.54) is 7.11 Å². The summed E-state index contributed by atoms with van der Waals surface area (Å²) in [6.07, 6.45) is 3.15. The fourth-order valence-corrected chi connectivity index (χ4v) is 3.20. The summed E-state index contributed by atoms with van der Waals surface area (Å²) in [7, 11) is 1.49. The maximum Gasteiger partial charge on any atom is 0.314 e. The van der Waals surface area contributed by atoms with E-state index < -0.39 is 11.4 Å². The van der Waals surface area contributed by atoms with Crippen molar-refractivity contribution < 1.29 is 19.7 Å². The van der Waals surface area contributed by atoms with Gasteiger partial charge >= 0.3 is 5.97 Å². The predicted molar refractivity (Wildman–Crippen MR) is 71.9 cm³/mol. The van der Waals surface area contributed by atoms with E-state index in [0.29, 0.717) is 24.2 Å². The Kier molecular flexibility index (Phi) is 3.43. The van der Waals surface area contributed by atoms with Crippen molar-refractivity contribution >= 4 is 5.97 Å². The monoisotopic (exact) mass is 264 g/mol. The third-order valence-electron chi connectivity index (χ3n) is 4.28. The summed E-state index contributed by atoms with van der Waals surface area (Å²) in [6.45, 7) is 3.58. The Balaban J connectivity index is 2.68. The van der Waals surface area contributed by atoms with Gasteiger partial charge in [0.1, 0.15) is 0 Å². The number of rotatable bonds is 3. The standard InChI is InChI=1S/C15H20O4/c1-9-8-11(10(2)13(19-3)12(9)16)15(14(17)18)6-4-5-7-15/h8,16H,4-7H2,1-3H3,(H,17,18). The van der Waals surface area contributed by atoms with Crippen molar-refractivity contribution in [1.82, 2.24) is 0 Å². The van der Waals surface area contributed by atoms with Crippen molar-refractivity contribution in [3.63, 3.8) is 0 Å². The summed E-state index contributed by atoms with van der Waals surface area (Å²) >= 11 is 0. The highest BCUT2D eigenvalue weighted by molar-refractivity contribution is 5.83. The third-order valence-corrected chi connectivity index (χ3v) is 4.28. The van der Waals surface area contributed by atoms with Crippen LogP contribution < -0.4 is 4.74 Å². The number of benzene rings is 1. The highest BCUT2D eigenvalue weighted by atomic mass is 16.5. The van der Waals surface area contributed by atoms with Crippen molar-refractivity contribution in [2.75, 3.05) is 7.11 Å². The van der Waals surface area contributed by atoms with Gasteiger partial charge in [0.2, 0.25) is 0 Å². The lowest BCUT2D eigenvalue weighted by Gasteiger charge is -2.28. The van der Waals surface area contributed by atoms with Crippen LogP contribution in [0.15, 0.2) is 6.07 Å². The second kappa shape index (κ2) is 4.76. The third kappa shape index (κ3) is 1.95. The van der Waals surface area contributed by atoms with E-state index in [-0.39, 0.29) is 5.75 Å². The molecule has 19 heavy (non-hydrogen) atoms. The molecule has 1 aliphatic carbocycles. The van der Waals surface area contributed by atoms with Gasteiger partial charge in [-0.15, -0.1) is 0 Å². The summed E-state index contributed by atoms with van der Waals surface area (Å²) in [6, 6.07) is 1.80. The molecule has 4 heteroatoms. The van der Waals surface area contributed by atoms with Crippen LogP contribution in [0.4, 0.5) is 0 Å². The minimum atomic E-state index is -0.824. The molecule has 0 unspecified atom stereocenters. The Bertz CT molecular complexity index is 513. The zero-order valence-corrected chi connectivity index (χ0v) is 11.6. The number of ether oxygens (including phenoxy) is 1. The molecule has 104 valence electrons. The molecule has 2 rings (SSSR count). The van der Waals surface area contributed by atoms with Crippen LogP contribution >= 0.6 is 0 Å². The number of hydrogen-bond donors (Lipinski definition) is 2. The van der Waals surface area contributed by atoms with Gasteiger partial charge in [-0.1, -0.05) is 18.9 Å². The smallest absolute Gasteiger partial charge is 0.314 e. The number of carbonyl (C=O) groups is 1. The largest absolute Gasteiger partial charge is 0.504 e. The number of aromatic hydroxyl groups is 1. The normalized spacial score (nSPS) is 17.4. The molecule has 0 aromatic heterocycles.